The van der Waals surface area contributed by atoms with Gasteiger partial charge in [0.15, 0.2) is 0 Å². The van der Waals surface area contributed by atoms with E-state index in [0.717, 1.165) is 23.6 Å². The third-order valence-corrected chi connectivity index (χ3v) is 4.85. The Bertz CT molecular complexity index is 1180. The van der Waals surface area contributed by atoms with Crippen molar-refractivity contribution in [1.82, 2.24) is 9.78 Å². The molecule has 0 saturated heterocycles. The largest absolute Gasteiger partial charge is 0.493 e. The van der Waals surface area contributed by atoms with E-state index >= 15 is 0 Å². The van der Waals surface area contributed by atoms with Gasteiger partial charge in [0.2, 0.25) is 0 Å². The van der Waals surface area contributed by atoms with Crippen LogP contribution in [0.3, 0.4) is 0 Å². The Morgan fingerprint density at radius 2 is 1.83 bits per heavy atom. The highest BCUT2D eigenvalue weighted by molar-refractivity contribution is 5.86. The first-order valence-corrected chi connectivity index (χ1v) is 9.79. The van der Waals surface area contributed by atoms with Crippen LogP contribution < -0.4 is 4.74 Å². The average Bonchev–Trinajstić information content (AvgIpc) is 3.26. The highest BCUT2D eigenvalue weighted by Gasteiger charge is 2.06. The van der Waals surface area contributed by atoms with Crippen molar-refractivity contribution in [2.75, 3.05) is 6.61 Å². The first-order valence-electron chi connectivity index (χ1n) is 9.79. The minimum atomic E-state index is -0.988. The van der Waals surface area contributed by atoms with Crippen molar-refractivity contribution in [3.05, 3.63) is 102 Å². The normalized spacial score (nSPS) is 11.2. The van der Waals surface area contributed by atoms with Gasteiger partial charge in [-0.15, -0.1) is 0 Å². The van der Waals surface area contributed by atoms with Crippen LogP contribution in [-0.4, -0.2) is 27.5 Å². The maximum atomic E-state index is 10.9. The lowest BCUT2D eigenvalue weighted by atomic mass is 10.1. The summed E-state index contributed by atoms with van der Waals surface area (Å²) in [5.74, 6) is -0.323. The number of ether oxygens (including phenoxy) is 1. The molecule has 0 unspecified atom stereocenters. The monoisotopic (exact) mass is 398 g/mol. The molecular weight excluding hydrogens is 376 g/mol. The molecule has 0 atom stereocenters. The molecule has 4 rings (SSSR count). The van der Waals surface area contributed by atoms with Gasteiger partial charge >= 0.3 is 5.97 Å². The van der Waals surface area contributed by atoms with Crippen LogP contribution >= 0.6 is 0 Å². The first-order chi connectivity index (χ1) is 14.7. The molecule has 0 bridgehead atoms. The lowest BCUT2D eigenvalue weighted by Crippen LogP contribution is -2.05. The fourth-order valence-corrected chi connectivity index (χ4v) is 3.36. The molecule has 5 nitrogen and oxygen atoms in total. The zero-order valence-electron chi connectivity index (χ0n) is 16.4. The number of rotatable bonds is 8. The van der Waals surface area contributed by atoms with E-state index in [4.69, 9.17) is 9.84 Å². The zero-order chi connectivity index (χ0) is 20.8. The molecule has 0 spiro atoms. The molecular formula is C25H22N2O3. The lowest BCUT2D eigenvalue weighted by molar-refractivity contribution is -0.131. The molecule has 0 aliphatic rings. The molecule has 1 aromatic heterocycles. The molecule has 3 aromatic carbocycles. The van der Waals surface area contributed by atoms with E-state index < -0.39 is 5.97 Å². The number of hydrogen-bond donors (Lipinski definition) is 1. The Morgan fingerprint density at radius 1 is 1.00 bits per heavy atom. The fourth-order valence-electron chi connectivity index (χ4n) is 3.36. The van der Waals surface area contributed by atoms with E-state index in [2.05, 4.69) is 35.4 Å². The average molecular weight is 398 g/mol. The summed E-state index contributed by atoms with van der Waals surface area (Å²) in [6.45, 7) is 1.12. The van der Waals surface area contributed by atoms with Crippen molar-refractivity contribution in [2.45, 2.75) is 13.0 Å². The number of aromatic nitrogens is 2. The Morgan fingerprint density at radius 3 is 2.63 bits per heavy atom. The molecule has 0 fully saturated rings. The maximum absolute atomic E-state index is 10.9. The number of fused-ring (bicyclic) bond motifs is 1. The van der Waals surface area contributed by atoms with Gasteiger partial charge in [-0.05, 0) is 40.1 Å². The summed E-state index contributed by atoms with van der Waals surface area (Å²) in [4.78, 5) is 10.9. The predicted octanol–water partition coefficient (Wildman–Crippen LogP) is 4.80. The lowest BCUT2D eigenvalue weighted by Gasteiger charge is -2.12. The summed E-state index contributed by atoms with van der Waals surface area (Å²) in [7, 11) is 0. The summed E-state index contributed by atoms with van der Waals surface area (Å²) < 4.78 is 7.91. The Kier molecular flexibility index (Phi) is 5.90. The minimum absolute atomic E-state index is 0.497. The summed E-state index contributed by atoms with van der Waals surface area (Å²) in [6, 6.07) is 22.4. The smallest absolute Gasteiger partial charge is 0.328 e. The number of hydrogen-bond acceptors (Lipinski definition) is 3. The van der Waals surface area contributed by atoms with E-state index in [1.165, 1.54) is 16.3 Å². The molecule has 0 amide bonds. The fraction of sp³-hybridized carbons (Fsp3) is 0.120. The van der Waals surface area contributed by atoms with Gasteiger partial charge in [0.1, 0.15) is 5.75 Å². The second kappa shape index (κ2) is 9.09. The number of aliphatic carboxylic acids is 1. The SMILES string of the molecule is O=C(O)C=Cc1ccc(Cn2cccn2)cc1OCCc1ccc2ccccc2c1. The van der Waals surface area contributed by atoms with E-state index in [-0.39, 0.29) is 0 Å². The Balaban J connectivity index is 1.49. The van der Waals surface area contributed by atoms with Gasteiger partial charge in [-0.25, -0.2) is 4.79 Å². The van der Waals surface area contributed by atoms with Crippen molar-refractivity contribution in [2.24, 2.45) is 0 Å². The van der Waals surface area contributed by atoms with Gasteiger partial charge in [0, 0.05) is 30.5 Å². The van der Waals surface area contributed by atoms with E-state index in [0.29, 0.717) is 18.9 Å². The summed E-state index contributed by atoms with van der Waals surface area (Å²) in [5, 5.41) is 15.6. The van der Waals surface area contributed by atoms with Crippen LogP contribution in [0.5, 0.6) is 5.75 Å². The highest BCUT2D eigenvalue weighted by Crippen LogP contribution is 2.23. The molecule has 150 valence electrons. The summed E-state index contributed by atoms with van der Waals surface area (Å²) in [6.07, 6.45) is 7.09. The molecule has 1 heterocycles. The molecule has 0 radical (unpaired) electrons. The van der Waals surface area contributed by atoms with E-state index in [9.17, 15) is 4.79 Å². The first kappa shape index (κ1) is 19.5. The second-order valence-corrected chi connectivity index (χ2v) is 7.03. The molecule has 0 aliphatic carbocycles. The minimum Gasteiger partial charge on any atom is -0.493 e. The Labute approximate surface area is 174 Å². The molecule has 30 heavy (non-hydrogen) atoms. The summed E-state index contributed by atoms with van der Waals surface area (Å²) in [5.41, 5.74) is 2.97. The third kappa shape index (κ3) is 4.94. The van der Waals surface area contributed by atoms with Gasteiger partial charge < -0.3 is 9.84 Å². The standard InChI is InChI=1S/C25H22N2O3/c28-25(29)11-10-22-9-7-20(18-27-14-3-13-26-27)17-24(22)30-15-12-19-6-8-21-4-1-2-5-23(21)16-19/h1-11,13-14,16-17H,12,15,18H2,(H,28,29). The topological polar surface area (TPSA) is 64.3 Å². The van der Waals surface area contributed by atoms with Gasteiger partial charge in [0.05, 0.1) is 13.2 Å². The second-order valence-electron chi connectivity index (χ2n) is 7.03. The van der Waals surface area contributed by atoms with E-state index in [1.807, 2.05) is 47.3 Å². The van der Waals surface area contributed by atoms with Gasteiger partial charge in [-0.2, -0.15) is 5.10 Å². The van der Waals surface area contributed by atoms with Crippen LogP contribution in [0, 0.1) is 0 Å². The molecule has 4 aromatic rings. The van der Waals surface area contributed by atoms with Crippen LogP contribution in [0.1, 0.15) is 16.7 Å². The summed E-state index contributed by atoms with van der Waals surface area (Å²) >= 11 is 0. The molecule has 5 heteroatoms. The van der Waals surface area contributed by atoms with Crippen LogP contribution in [0.2, 0.25) is 0 Å². The van der Waals surface area contributed by atoms with Crippen LogP contribution in [0.4, 0.5) is 0 Å². The number of benzene rings is 3. The highest BCUT2D eigenvalue weighted by atomic mass is 16.5. The molecule has 0 saturated carbocycles. The van der Waals surface area contributed by atoms with Gasteiger partial charge in [-0.3, -0.25) is 4.68 Å². The van der Waals surface area contributed by atoms with Crippen LogP contribution in [0.25, 0.3) is 16.8 Å². The molecule has 0 aliphatic heterocycles. The van der Waals surface area contributed by atoms with Crippen molar-refractivity contribution in [3.63, 3.8) is 0 Å². The number of carbonyl (C=O) groups is 1. The van der Waals surface area contributed by atoms with E-state index in [1.54, 1.807) is 12.3 Å². The van der Waals surface area contributed by atoms with Crippen molar-refractivity contribution in [1.29, 1.82) is 0 Å². The van der Waals surface area contributed by atoms with Crippen LogP contribution in [-0.2, 0) is 17.8 Å². The van der Waals surface area contributed by atoms with Gasteiger partial charge in [-0.1, -0.05) is 54.6 Å². The maximum Gasteiger partial charge on any atom is 0.328 e. The Hall–Kier alpha value is -3.86. The number of carboxylic acid groups (broad SMARTS) is 1. The zero-order valence-corrected chi connectivity index (χ0v) is 16.4. The quantitative estimate of drug-likeness (QED) is 0.433. The predicted molar refractivity (Wildman–Crippen MR) is 118 cm³/mol. The van der Waals surface area contributed by atoms with Crippen molar-refractivity contribution >= 4 is 22.8 Å². The van der Waals surface area contributed by atoms with Crippen LogP contribution in [0.15, 0.2) is 85.2 Å². The van der Waals surface area contributed by atoms with Gasteiger partial charge in [0.25, 0.3) is 0 Å². The number of nitrogens with zero attached hydrogens (tertiary/aromatic N) is 2. The third-order valence-electron chi connectivity index (χ3n) is 4.85. The molecule has 1 N–H and O–H groups in total. The van der Waals surface area contributed by atoms with Crippen molar-refractivity contribution < 1.29 is 14.6 Å². The number of carboxylic acids is 1. The van der Waals surface area contributed by atoms with Crippen molar-refractivity contribution in [3.8, 4) is 5.75 Å².